The van der Waals surface area contributed by atoms with E-state index < -0.39 is 17.8 Å². The monoisotopic (exact) mass is 794 g/mol. The Balaban J connectivity index is 0.880. The summed E-state index contributed by atoms with van der Waals surface area (Å²) in [7, 11) is 1.89. The second kappa shape index (κ2) is 18.8. The maximum Gasteiger partial charge on any atom is 0.416 e. The number of urea groups is 2. The molecule has 3 aromatic rings. The maximum absolute atomic E-state index is 13.6. The Kier molecular flexibility index (Phi) is 13.6. The summed E-state index contributed by atoms with van der Waals surface area (Å²) in [5.41, 5.74) is 1.96. The summed E-state index contributed by atoms with van der Waals surface area (Å²) in [5.74, 6) is 1.28. The standard InChI is InChI=1S/C40H49F3N8O4S/c1-50-21-8-22-51(37-32(50)19-18-30(47-37)27-9-7-10-28(23-27)40(41,42)43)39(55)46-29-16-14-26(15-17-29)24-45-35(53)12-3-2-6-20-44-34(52)13-5-4-11-33-36-31(25-56-33)48-38(54)49-36/h7,9-10,14-19,23,31,33,36H,2-6,8,11-13,20-22,24-25H2,1H3,(H,44,52)(H,45,53)(H,46,55)(H2,48,49,54). The van der Waals surface area contributed by atoms with Crippen molar-refractivity contribution in [3.8, 4) is 11.3 Å². The molecule has 0 aliphatic carbocycles. The van der Waals surface area contributed by atoms with Crippen molar-refractivity contribution in [1.29, 1.82) is 0 Å². The number of pyridine rings is 1. The first-order chi connectivity index (χ1) is 26.9. The third kappa shape index (κ3) is 10.9. The van der Waals surface area contributed by atoms with Crippen molar-refractivity contribution in [2.24, 2.45) is 0 Å². The zero-order chi connectivity index (χ0) is 39.7. The summed E-state index contributed by atoms with van der Waals surface area (Å²) >= 11 is 1.88. The Morgan fingerprint density at radius 3 is 2.46 bits per heavy atom. The van der Waals surface area contributed by atoms with E-state index in [1.54, 1.807) is 30.3 Å². The first-order valence-electron chi connectivity index (χ1n) is 19.2. The molecule has 3 aliphatic rings. The molecule has 4 heterocycles. The molecule has 5 N–H and O–H groups in total. The molecule has 3 atom stereocenters. The van der Waals surface area contributed by atoms with E-state index >= 15 is 0 Å². The number of nitrogens with one attached hydrogen (secondary N) is 5. The number of carbonyl (C=O) groups is 4. The lowest BCUT2D eigenvalue weighted by atomic mass is 10.0. The number of benzene rings is 2. The normalized spacial score (nSPS) is 19.0. The Hall–Kier alpha value is -4.99. The van der Waals surface area contributed by atoms with E-state index in [4.69, 9.17) is 0 Å². The van der Waals surface area contributed by atoms with Crippen molar-refractivity contribution < 1.29 is 32.3 Å². The average molecular weight is 795 g/mol. The van der Waals surface area contributed by atoms with Crippen molar-refractivity contribution in [1.82, 2.24) is 26.3 Å². The lowest BCUT2D eigenvalue weighted by Gasteiger charge is -2.24. The van der Waals surface area contributed by atoms with Gasteiger partial charge in [-0.2, -0.15) is 24.9 Å². The number of hydrogen-bond donors (Lipinski definition) is 5. The molecule has 3 unspecified atom stereocenters. The molecular weight excluding hydrogens is 746 g/mol. The van der Waals surface area contributed by atoms with Crippen LogP contribution < -0.4 is 36.4 Å². The van der Waals surface area contributed by atoms with Gasteiger partial charge in [0.1, 0.15) is 0 Å². The smallest absolute Gasteiger partial charge is 0.372 e. The van der Waals surface area contributed by atoms with Crippen LogP contribution in [0.5, 0.6) is 0 Å². The van der Waals surface area contributed by atoms with E-state index in [2.05, 4.69) is 31.6 Å². The van der Waals surface area contributed by atoms with E-state index in [-0.39, 0.29) is 29.9 Å². The van der Waals surface area contributed by atoms with Crippen LogP contribution in [0, 0.1) is 0 Å². The number of nitrogens with zero attached hydrogens (tertiary/aromatic N) is 3. The molecular formula is C40H49F3N8O4S. The number of thioether (sulfide) groups is 1. The molecule has 56 heavy (non-hydrogen) atoms. The van der Waals surface area contributed by atoms with E-state index in [9.17, 15) is 32.3 Å². The van der Waals surface area contributed by atoms with Crippen molar-refractivity contribution in [3.63, 3.8) is 0 Å². The molecule has 6 amide bonds. The number of aromatic nitrogens is 1. The van der Waals surface area contributed by atoms with E-state index in [1.165, 1.54) is 11.0 Å². The van der Waals surface area contributed by atoms with Crippen LogP contribution in [0.4, 0.5) is 40.0 Å². The summed E-state index contributed by atoms with van der Waals surface area (Å²) < 4.78 is 40.2. The van der Waals surface area contributed by atoms with Gasteiger partial charge < -0.3 is 31.5 Å². The number of fused-ring (bicyclic) bond motifs is 2. The molecule has 2 aromatic carbocycles. The second-order valence-electron chi connectivity index (χ2n) is 14.5. The SMILES string of the molecule is CN1CCCN(C(=O)Nc2ccc(CNC(=O)CCCCCNC(=O)CCCCC3SCC4NC(=O)NC43)cc2)c2nc(-c3cccc(C(F)(F)F)c3)ccc21. The zero-order valence-electron chi connectivity index (χ0n) is 31.4. The van der Waals surface area contributed by atoms with E-state index in [1.807, 2.05) is 35.8 Å². The van der Waals surface area contributed by atoms with E-state index in [0.717, 1.165) is 55.6 Å². The number of rotatable bonds is 15. The van der Waals surface area contributed by atoms with Gasteiger partial charge in [0.2, 0.25) is 11.8 Å². The summed E-state index contributed by atoms with van der Waals surface area (Å²) in [4.78, 5) is 58.0. The number of carbonyl (C=O) groups excluding carboxylic acids is 4. The summed E-state index contributed by atoms with van der Waals surface area (Å²) in [6, 6.07) is 15.5. The zero-order valence-corrected chi connectivity index (χ0v) is 32.2. The number of anilines is 3. The first kappa shape index (κ1) is 40.7. The van der Waals surface area contributed by atoms with Gasteiger partial charge in [-0.3, -0.25) is 14.5 Å². The highest BCUT2D eigenvalue weighted by Crippen LogP contribution is 2.36. The van der Waals surface area contributed by atoms with Gasteiger partial charge in [0.15, 0.2) is 5.82 Å². The van der Waals surface area contributed by atoms with Gasteiger partial charge in [0.25, 0.3) is 0 Å². The van der Waals surface area contributed by atoms with Crippen molar-refractivity contribution >= 4 is 52.8 Å². The predicted molar refractivity (Wildman–Crippen MR) is 213 cm³/mol. The summed E-state index contributed by atoms with van der Waals surface area (Å²) in [6.45, 7) is 1.96. The molecule has 0 bridgehead atoms. The third-order valence-corrected chi connectivity index (χ3v) is 11.8. The van der Waals surface area contributed by atoms with Gasteiger partial charge >= 0.3 is 18.2 Å². The minimum atomic E-state index is -4.49. The summed E-state index contributed by atoms with van der Waals surface area (Å²) in [5, 5.41) is 15.2. The highest BCUT2D eigenvalue weighted by molar-refractivity contribution is 8.00. The molecule has 12 nitrogen and oxygen atoms in total. The molecule has 0 saturated carbocycles. The molecule has 2 saturated heterocycles. The van der Waals surface area contributed by atoms with Gasteiger partial charge in [-0.1, -0.05) is 37.1 Å². The maximum atomic E-state index is 13.6. The van der Waals surface area contributed by atoms with Crippen LogP contribution >= 0.6 is 11.8 Å². The van der Waals surface area contributed by atoms with Gasteiger partial charge in [0, 0.05) is 68.3 Å². The topological polar surface area (TPSA) is 148 Å². The third-order valence-electron chi connectivity index (χ3n) is 10.3. The number of halogens is 3. The highest BCUT2D eigenvalue weighted by atomic mass is 32.2. The fourth-order valence-electron chi connectivity index (χ4n) is 7.21. The number of alkyl halides is 3. The second-order valence-corrected chi connectivity index (χ2v) is 15.7. The minimum absolute atomic E-state index is 0.0456. The molecule has 16 heteroatoms. The fourth-order valence-corrected chi connectivity index (χ4v) is 8.75. The molecule has 3 aliphatic heterocycles. The van der Waals surface area contributed by atoms with Crippen LogP contribution in [0.2, 0.25) is 0 Å². The van der Waals surface area contributed by atoms with Gasteiger partial charge in [0.05, 0.1) is 29.0 Å². The van der Waals surface area contributed by atoms with Gasteiger partial charge in [-0.05, 0) is 74.1 Å². The Labute approximate surface area is 329 Å². The number of amides is 6. The van der Waals surface area contributed by atoms with Crippen molar-refractivity contribution in [3.05, 3.63) is 71.8 Å². The summed E-state index contributed by atoms with van der Waals surface area (Å²) in [6.07, 6.45) is 2.14. The Morgan fingerprint density at radius 2 is 1.68 bits per heavy atom. The molecule has 0 radical (unpaired) electrons. The molecule has 2 fully saturated rings. The molecule has 1 aromatic heterocycles. The van der Waals surface area contributed by atoms with Crippen LogP contribution in [0.3, 0.4) is 0 Å². The van der Waals surface area contributed by atoms with Crippen LogP contribution in [0.1, 0.15) is 68.9 Å². The average Bonchev–Trinajstić information content (AvgIpc) is 3.68. The largest absolute Gasteiger partial charge is 0.416 e. The minimum Gasteiger partial charge on any atom is -0.372 e. The number of unbranched alkanes of at least 4 members (excludes halogenated alkanes) is 3. The number of hydrogen-bond acceptors (Lipinski definition) is 7. The van der Waals surface area contributed by atoms with Gasteiger partial charge in [-0.15, -0.1) is 0 Å². The van der Waals surface area contributed by atoms with Crippen LogP contribution in [0.25, 0.3) is 11.3 Å². The highest BCUT2D eigenvalue weighted by Gasteiger charge is 2.42. The van der Waals surface area contributed by atoms with Crippen LogP contribution in [-0.2, 0) is 22.3 Å². The molecule has 6 rings (SSSR count). The first-order valence-corrected chi connectivity index (χ1v) is 20.3. The van der Waals surface area contributed by atoms with Crippen LogP contribution in [0.15, 0.2) is 60.7 Å². The predicted octanol–water partition coefficient (Wildman–Crippen LogP) is 6.66. The van der Waals surface area contributed by atoms with Crippen molar-refractivity contribution in [2.45, 2.75) is 87.8 Å². The molecule has 0 spiro atoms. The Morgan fingerprint density at radius 1 is 0.911 bits per heavy atom. The lowest BCUT2D eigenvalue weighted by molar-refractivity contribution is -0.137. The Bertz CT molecular complexity index is 1860. The van der Waals surface area contributed by atoms with E-state index in [0.29, 0.717) is 85.6 Å². The van der Waals surface area contributed by atoms with Crippen LogP contribution in [-0.4, -0.2) is 78.6 Å². The fraction of sp³-hybridized carbons (Fsp3) is 0.475. The lowest BCUT2D eigenvalue weighted by Crippen LogP contribution is -2.36. The van der Waals surface area contributed by atoms with Gasteiger partial charge in [-0.25, -0.2) is 14.6 Å². The van der Waals surface area contributed by atoms with Crippen molar-refractivity contribution in [2.75, 3.05) is 47.6 Å². The quantitative estimate of drug-likeness (QED) is 0.0854. The molecule has 300 valence electrons.